The Hall–Kier alpha value is -4.28. The zero-order valence-corrected chi connectivity index (χ0v) is 19.9. The van der Waals surface area contributed by atoms with Gasteiger partial charge in [0.25, 0.3) is 11.8 Å². The van der Waals surface area contributed by atoms with Gasteiger partial charge in [0.05, 0.1) is 28.4 Å². The Balaban J connectivity index is 1.88. The number of hydrogen-bond donors (Lipinski definition) is 2. The van der Waals surface area contributed by atoms with E-state index in [1.807, 2.05) is 6.07 Å². The van der Waals surface area contributed by atoms with E-state index in [2.05, 4.69) is 10.6 Å². The number of carbonyl (C=O) groups excluding carboxylic acids is 4. The van der Waals surface area contributed by atoms with Crippen LogP contribution in [0.25, 0.3) is 0 Å². The first-order valence-corrected chi connectivity index (χ1v) is 10.5. The molecule has 0 radical (unpaired) electrons. The molecular weight excluding hydrogens is 460 g/mol. The molecule has 1 atom stereocenters. The van der Waals surface area contributed by atoms with Crippen LogP contribution in [0, 0.1) is 0 Å². The Morgan fingerprint density at radius 2 is 1.51 bits per heavy atom. The third-order valence-electron chi connectivity index (χ3n) is 4.79. The van der Waals surface area contributed by atoms with E-state index in [0.717, 1.165) is 5.56 Å². The van der Waals surface area contributed by atoms with E-state index < -0.39 is 42.9 Å². The second kappa shape index (κ2) is 13.4. The normalized spacial score (nSPS) is 11.0. The second-order valence-electron chi connectivity index (χ2n) is 7.09. The molecular formula is C24H28N2O9. The Bertz CT molecular complexity index is 1020. The molecule has 2 amide bonds. The molecule has 0 heterocycles. The number of rotatable bonds is 12. The molecule has 35 heavy (non-hydrogen) atoms. The van der Waals surface area contributed by atoms with Gasteiger partial charge in [-0.15, -0.1) is 0 Å². The van der Waals surface area contributed by atoms with Crippen molar-refractivity contribution in [1.29, 1.82) is 0 Å². The summed E-state index contributed by atoms with van der Waals surface area (Å²) >= 11 is 0. The first kappa shape index (κ1) is 27.0. The van der Waals surface area contributed by atoms with E-state index in [4.69, 9.17) is 23.7 Å². The number of carbonyl (C=O) groups is 4. The minimum atomic E-state index is -0.951. The molecule has 2 aromatic carbocycles. The van der Waals surface area contributed by atoms with Gasteiger partial charge in [0.1, 0.15) is 12.6 Å². The first-order chi connectivity index (χ1) is 16.8. The lowest BCUT2D eigenvalue weighted by atomic mass is 10.1. The molecule has 0 spiro atoms. The maximum Gasteiger partial charge on any atom is 0.328 e. The van der Waals surface area contributed by atoms with E-state index in [1.165, 1.54) is 40.6 Å². The van der Waals surface area contributed by atoms with Gasteiger partial charge in [-0.3, -0.25) is 14.4 Å². The van der Waals surface area contributed by atoms with Crippen molar-refractivity contribution in [2.45, 2.75) is 12.5 Å². The Kier molecular flexibility index (Phi) is 10.3. The topological polar surface area (TPSA) is 138 Å². The molecule has 0 saturated carbocycles. The van der Waals surface area contributed by atoms with Crippen molar-refractivity contribution >= 4 is 23.8 Å². The maximum atomic E-state index is 12.4. The number of ether oxygens (including phenoxy) is 5. The fourth-order valence-corrected chi connectivity index (χ4v) is 3.09. The molecule has 0 aromatic heterocycles. The van der Waals surface area contributed by atoms with E-state index >= 15 is 0 Å². The van der Waals surface area contributed by atoms with Crippen LogP contribution in [0.2, 0.25) is 0 Å². The summed E-state index contributed by atoms with van der Waals surface area (Å²) in [6.45, 7) is -1.13. The number of amides is 2. The van der Waals surface area contributed by atoms with Crippen LogP contribution in [-0.2, 0) is 30.3 Å². The molecule has 0 fully saturated rings. The number of esters is 2. The van der Waals surface area contributed by atoms with Crippen molar-refractivity contribution in [3.8, 4) is 17.2 Å². The van der Waals surface area contributed by atoms with Crippen LogP contribution in [0.1, 0.15) is 15.9 Å². The SMILES string of the molecule is COC(=O)C(Cc1ccccc1)NC(=O)COC(=O)CNC(=O)c1cc(OC)c(OC)c(OC)c1. The van der Waals surface area contributed by atoms with Gasteiger partial charge in [0, 0.05) is 12.0 Å². The van der Waals surface area contributed by atoms with E-state index in [-0.39, 0.29) is 23.5 Å². The number of benzene rings is 2. The summed E-state index contributed by atoms with van der Waals surface area (Å²) < 4.78 is 25.2. The predicted octanol–water partition coefficient (Wildman–Crippen LogP) is 0.886. The Morgan fingerprint density at radius 1 is 0.886 bits per heavy atom. The monoisotopic (exact) mass is 488 g/mol. The van der Waals surface area contributed by atoms with Crippen molar-refractivity contribution in [3.05, 3.63) is 53.6 Å². The van der Waals surface area contributed by atoms with Crippen molar-refractivity contribution in [2.24, 2.45) is 0 Å². The summed E-state index contributed by atoms with van der Waals surface area (Å²) in [4.78, 5) is 48.7. The average Bonchev–Trinajstić information content (AvgIpc) is 2.89. The lowest BCUT2D eigenvalue weighted by Crippen LogP contribution is -2.45. The second-order valence-corrected chi connectivity index (χ2v) is 7.09. The van der Waals surface area contributed by atoms with Crippen molar-refractivity contribution in [1.82, 2.24) is 10.6 Å². The van der Waals surface area contributed by atoms with Crippen LogP contribution in [0.15, 0.2) is 42.5 Å². The minimum Gasteiger partial charge on any atom is -0.493 e. The molecule has 0 aliphatic heterocycles. The summed E-state index contributed by atoms with van der Waals surface area (Å²) in [6, 6.07) is 10.9. The molecule has 11 nitrogen and oxygen atoms in total. The smallest absolute Gasteiger partial charge is 0.328 e. The van der Waals surface area contributed by atoms with Crippen LogP contribution < -0.4 is 24.8 Å². The number of methoxy groups -OCH3 is 4. The van der Waals surface area contributed by atoms with Gasteiger partial charge >= 0.3 is 11.9 Å². The molecule has 1 unspecified atom stereocenters. The zero-order chi connectivity index (χ0) is 25.8. The first-order valence-electron chi connectivity index (χ1n) is 10.5. The van der Waals surface area contributed by atoms with E-state index in [0.29, 0.717) is 5.75 Å². The average molecular weight is 488 g/mol. The Labute approximate surface area is 202 Å². The predicted molar refractivity (Wildman–Crippen MR) is 123 cm³/mol. The van der Waals surface area contributed by atoms with E-state index in [9.17, 15) is 19.2 Å². The quantitative estimate of drug-likeness (QED) is 0.417. The van der Waals surface area contributed by atoms with Crippen LogP contribution in [0.4, 0.5) is 0 Å². The third-order valence-corrected chi connectivity index (χ3v) is 4.79. The standard InChI is InChI=1S/C24H28N2O9/c1-31-18-11-16(12-19(32-2)22(18)33-3)23(29)25-13-21(28)35-14-20(27)26-17(24(30)34-4)10-15-8-6-5-7-9-15/h5-9,11-12,17H,10,13-14H2,1-4H3,(H,25,29)(H,26,27). The van der Waals surface area contributed by atoms with Gasteiger partial charge in [-0.05, 0) is 17.7 Å². The minimum absolute atomic E-state index is 0.159. The fourth-order valence-electron chi connectivity index (χ4n) is 3.09. The van der Waals surface area contributed by atoms with Crippen LogP contribution in [-0.4, -0.2) is 71.4 Å². The van der Waals surface area contributed by atoms with Gasteiger partial charge in [0.2, 0.25) is 5.75 Å². The van der Waals surface area contributed by atoms with Crippen molar-refractivity contribution in [2.75, 3.05) is 41.6 Å². The molecule has 188 valence electrons. The summed E-state index contributed by atoms with van der Waals surface area (Å²) in [5, 5.41) is 4.87. The van der Waals surface area contributed by atoms with Crippen molar-refractivity contribution in [3.63, 3.8) is 0 Å². The van der Waals surface area contributed by atoms with Crippen LogP contribution >= 0.6 is 0 Å². The van der Waals surface area contributed by atoms with Gasteiger partial charge < -0.3 is 34.3 Å². The molecule has 0 aliphatic rings. The molecule has 2 rings (SSSR count). The summed E-state index contributed by atoms with van der Waals surface area (Å²) in [6.07, 6.45) is 0.206. The van der Waals surface area contributed by atoms with Gasteiger partial charge in [-0.25, -0.2) is 4.79 Å². The van der Waals surface area contributed by atoms with Gasteiger partial charge in [0.15, 0.2) is 18.1 Å². The molecule has 2 N–H and O–H groups in total. The van der Waals surface area contributed by atoms with Crippen LogP contribution in [0.5, 0.6) is 17.2 Å². The highest BCUT2D eigenvalue weighted by Crippen LogP contribution is 2.38. The van der Waals surface area contributed by atoms with E-state index in [1.54, 1.807) is 24.3 Å². The summed E-state index contributed by atoms with van der Waals surface area (Å²) in [5.74, 6) is -1.92. The third kappa shape index (κ3) is 7.91. The highest BCUT2D eigenvalue weighted by atomic mass is 16.5. The maximum absolute atomic E-state index is 12.4. The van der Waals surface area contributed by atoms with Crippen LogP contribution in [0.3, 0.4) is 0 Å². The number of nitrogens with one attached hydrogen (secondary N) is 2. The molecule has 0 bridgehead atoms. The largest absolute Gasteiger partial charge is 0.493 e. The molecule has 0 aliphatic carbocycles. The van der Waals surface area contributed by atoms with Gasteiger partial charge in [-0.1, -0.05) is 30.3 Å². The summed E-state index contributed by atoms with van der Waals surface area (Å²) in [7, 11) is 5.46. The number of hydrogen-bond acceptors (Lipinski definition) is 9. The molecule has 0 saturated heterocycles. The zero-order valence-electron chi connectivity index (χ0n) is 19.9. The lowest BCUT2D eigenvalue weighted by Gasteiger charge is -2.16. The highest BCUT2D eigenvalue weighted by molar-refractivity contribution is 5.97. The lowest BCUT2D eigenvalue weighted by molar-refractivity contribution is -0.149. The summed E-state index contributed by atoms with van der Waals surface area (Å²) in [5.41, 5.74) is 0.974. The highest BCUT2D eigenvalue weighted by Gasteiger charge is 2.23. The molecule has 2 aromatic rings. The Morgan fingerprint density at radius 3 is 2.06 bits per heavy atom. The molecule has 11 heteroatoms. The fraction of sp³-hybridized carbons (Fsp3) is 0.333. The van der Waals surface area contributed by atoms with Gasteiger partial charge in [-0.2, -0.15) is 0 Å². The van der Waals surface area contributed by atoms with Crippen molar-refractivity contribution < 1.29 is 42.9 Å².